The zero-order valence-electron chi connectivity index (χ0n) is 13.7. The molecule has 0 spiro atoms. The first kappa shape index (κ1) is 16.9. The molecule has 2 aromatic rings. The van der Waals surface area contributed by atoms with Crippen molar-refractivity contribution in [1.82, 2.24) is 9.88 Å². The minimum atomic E-state index is -0.414. The third-order valence-corrected chi connectivity index (χ3v) is 3.53. The normalized spacial score (nSPS) is 12.2. The molecule has 0 bridgehead atoms. The van der Waals surface area contributed by atoms with Crippen molar-refractivity contribution in [2.75, 3.05) is 18.9 Å². The number of nitrogens with zero attached hydrogens (tertiary/aromatic N) is 3. The van der Waals surface area contributed by atoms with Gasteiger partial charge in [-0.05, 0) is 32.5 Å². The second-order valence-electron chi connectivity index (χ2n) is 5.79. The number of pyridine rings is 1. The molecule has 1 unspecified atom stereocenters. The average Bonchev–Trinajstić information content (AvgIpc) is 2.47. The summed E-state index contributed by atoms with van der Waals surface area (Å²) in [6.07, 6.45) is 0. The summed E-state index contributed by atoms with van der Waals surface area (Å²) in [6, 6.07) is 13.6. The maximum atomic E-state index is 10.8. The van der Waals surface area contributed by atoms with Crippen LogP contribution in [-0.2, 0) is 6.54 Å². The summed E-state index contributed by atoms with van der Waals surface area (Å²) < 4.78 is 0. The first-order valence-corrected chi connectivity index (χ1v) is 7.56. The van der Waals surface area contributed by atoms with E-state index >= 15 is 0 Å². The second kappa shape index (κ2) is 7.69. The molecule has 6 nitrogen and oxygen atoms in total. The number of rotatable bonds is 7. The van der Waals surface area contributed by atoms with Gasteiger partial charge in [0, 0.05) is 25.2 Å². The van der Waals surface area contributed by atoms with E-state index in [9.17, 15) is 10.1 Å². The Hall–Kier alpha value is -2.47. The quantitative estimate of drug-likeness (QED) is 0.627. The fourth-order valence-electron chi connectivity index (χ4n) is 2.55. The minimum Gasteiger partial charge on any atom is -0.366 e. The fourth-order valence-corrected chi connectivity index (χ4v) is 2.55. The number of likely N-dealkylation sites (N-methyl/N-ethyl adjacent to an activating group) is 1. The summed E-state index contributed by atoms with van der Waals surface area (Å²) >= 11 is 0. The fraction of sp³-hybridized carbons (Fsp3) is 0.353. The van der Waals surface area contributed by atoms with E-state index in [0.717, 1.165) is 13.1 Å². The Labute approximate surface area is 136 Å². The number of aromatic nitrogens is 1. The molecule has 0 aliphatic carbocycles. The van der Waals surface area contributed by atoms with E-state index in [0.29, 0.717) is 11.5 Å². The molecule has 122 valence electrons. The summed E-state index contributed by atoms with van der Waals surface area (Å²) in [4.78, 5) is 16.9. The number of nitrogens with one attached hydrogen (secondary N) is 1. The lowest BCUT2D eigenvalue weighted by atomic mass is 10.2. The van der Waals surface area contributed by atoms with Crippen molar-refractivity contribution in [2.45, 2.75) is 26.4 Å². The topological polar surface area (TPSA) is 71.3 Å². The van der Waals surface area contributed by atoms with Gasteiger partial charge < -0.3 is 10.2 Å². The third-order valence-electron chi connectivity index (χ3n) is 3.53. The molecule has 0 fully saturated rings. The Morgan fingerprint density at radius 3 is 2.57 bits per heavy atom. The Balaban J connectivity index is 1.90. The third kappa shape index (κ3) is 5.03. The van der Waals surface area contributed by atoms with Crippen molar-refractivity contribution in [3.63, 3.8) is 0 Å². The molecule has 6 heteroatoms. The van der Waals surface area contributed by atoms with E-state index in [4.69, 9.17) is 0 Å². The molecule has 0 aliphatic heterocycles. The molecular formula is C17H22N4O2. The Morgan fingerprint density at radius 1 is 1.26 bits per heavy atom. The van der Waals surface area contributed by atoms with Crippen LogP contribution in [0.15, 0.2) is 42.5 Å². The molecule has 0 saturated carbocycles. The molecule has 0 radical (unpaired) electrons. The predicted molar refractivity (Wildman–Crippen MR) is 91.5 cm³/mol. The number of anilines is 1. The maximum Gasteiger partial charge on any atom is 0.290 e. The van der Waals surface area contributed by atoms with E-state index < -0.39 is 4.92 Å². The van der Waals surface area contributed by atoms with Crippen LogP contribution in [0.25, 0.3) is 0 Å². The number of nitro groups is 1. The molecule has 1 heterocycles. The van der Waals surface area contributed by atoms with Gasteiger partial charge in [-0.1, -0.05) is 30.3 Å². The van der Waals surface area contributed by atoms with Gasteiger partial charge in [0.25, 0.3) is 5.69 Å². The molecule has 2 rings (SSSR count). The highest BCUT2D eigenvalue weighted by Gasteiger charge is 2.13. The van der Waals surface area contributed by atoms with Crippen molar-refractivity contribution in [3.8, 4) is 0 Å². The Bertz CT molecular complexity index is 661. The van der Waals surface area contributed by atoms with E-state index in [1.54, 1.807) is 13.0 Å². The lowest BCUT2D eigenvalue weighted by molar-refractivity contribution is -0.385. The minimum absolute atomic E-state index is 0.0457. The van der Waals surface area contributed by atoms with Crippen LogP contribution in [0.5, 0.6) is 0 Å². The lowest BCUT2D eigenvalue weighted by Crippen LogP contribution is -2.32. The predicted octanol–water partition coefficient (Wildman–Crippen LogP) is 3.23. The number of hydrogen-bond acceptors (Lipinski definition) is 5. The van der Waals surface area contributed by atoms with Crippen LogP contribution >= 0.6 is 0 Å². The van der Waals surface area contributed by atoms with Gasteiger partial charge in [-0.25, -0.2) is 4.98 Å². The van der Waals surface area contributed by atoms with Gasteiger partial charge in [0.2, 0.25) is 0 Å². The van der Waals surface area contributed by atoms with Gasteiger partial charge in [0.05, 0.1) is 4.92 Å². The van der Waals surface area contributed by atoms with Gasteiger partial charge >= 0.3 is 0 Å². The molecule has 0 aliphatic rings. The van der Waals surface area contributed by atoms with E-state index in [-0.39, 0.29) is 11.7 Å². The number of aryl methyl sites for hydroxylation is 1. The monoisotopic (exact) mass is 314 g/mol. The van der Waals surface area contributed by atoms with Crippen molar-refractivity contribution in [1.29, 1.82) is 0 Å². The van der Waals surface area contributed by atoms with Crippen LogP contribution < -0.4 is 5.32 Å². The lowest BCUT2D eigenvalue weighted by Gasteiger charge is -2.22. The molecule has 0 amide bonds. The number of hydrogen-bond donors (Lipinski definition) is 1. The van der Waals surface area contributed by atoms with Crippen LogP contribution in [0.1, 0.15) is 18.2 Å². The van der Waals surface area contributed by atoms with Crippen molar-refractivity contribution in [3.05, 3.63) is 63.8 Å². The molecule has 0 saturated heterocycles. The maximum absolute atomic E-state index is 10.8. The van der Waals surface area contributed by atoms with Gasteiger partial charge in [0.1, 0.15) is 11.5 Å². The standard InChI is InChI=1S/C17H22N4O2/c1-13(11-20(3)12-15-7-5-4-6-8-15)18-17-10-9-16(21(22)23)14(2)19-17/h4-10,13H,11-12H2,1-3H3,(H,18,19). The molecule has 1 aromatic heterocycles. The Morgan fingerprint density at radius 2 is 1.96 bits per heavy atom. The highest BCUT2D eigenvalue weighted by molar-refractivity contribution is 5.45. The van der Waals surface area contributed by atoms with E-state index in [2.05, 4.69) is 41.3 Å². The zero-order chi connectivity index (χ0) is 16.8. The van der Waals surface area contributed by atoms with Gasteiger partial charge in [-0.15, -0.1) is 0 Å². The highest BCUT2D eigenvalue weighted by atomic mass is 16.6. The van der Waals surface area contributed by atoms with E-state index in [1.807, 2.05) is 18.2 Å². The van der Waals surface area contributed by atoms with Crippen molar-refractivity contribution in [2.24, 2.45) is 0 Å². The largest absolute Gasteiger partial charge is 0.366 e. The Kier molecular flexibility index (Phi) is 5.65. The summed E-state index contributed by atoms with van der Waals surface area (Å²) in [6.45, 7) is 5.43. The van der Waals surface area contributed by atoms with Crippen molar-refractivity contribution < 1.29 is 4.92 Å². The number of benzene rings is 1. The van der Waals surface area contributed by atoms with Gasteiger partial charge in [-0.3, -0.25) is 10.1 Å². The molecule has 23 heavy (non-hydrogen) atoms. The summed E-state index contributed by atoms with van der Waals surface area (Å²) in [5.41, 5.74) is 1.74. The van der Waals surface area contributed by atoms with Gasteiger partial charge in [-0.2, -0.15) is 0 Å². The summed E-state index contributed by atoms with van der Waals surface area (Å²) in [5, 5.41) is 14.1. The average molecular weight is 314 g/mol. The van der Waals surface area contributed by atoms with Crippen molar-refractivity contribution >= 4 is 11.5 Å². The van der Waals surface area contributed by atoms with E-state index in [1.165, 1.54) is 11.6 Å². The molecular weight excluding hydrogens is 292 g/mol. The van der Waals surface area contributed by atoms with Crippen LogP contribution in [0.3, 0.4) is 0 Å². The second-order valence-corrected chi connectivity index (χ2v) is 5.79. The first-order chi connectivity index (χ1) is 11.0. The van der Waals surface area contributed by atoms with Crippen LogP contribution in [0.2, 0.25) is 0 Å². The smallest absolute Gasteiger partial charge is 0.290 e. The SMILES string of the molecule is Cc1nc(NC(C)CN(C)Cc2ccccc2)ccc1[N+](=O)[O-]. The van der Waals surface area contributed by atoms with Gasteiger partial charge in [0.15, 0.2) is 0 Å². The molecule has 1 aromatic carbocycles. The summed E-state index contributed by atoms with van der Waals surface area (Å²) in [5.74, 6) is 0.661. The first-order valence-electron chi connectivity index (χ1n) is 7.56. The molecule has 1 atom stereocenters. The zero-order valence-corrected chi connectivity index (χ0v) is 13.7. The highest BCUT2D eigenvalue weighted by Crippen LogP contribution is 2.18. The van der Waals surface area contributed by atoms with Crippen LogP contribution in [0, 0.1) is 17.0 Å². The van der Waals surface area contributed by atoms with Crippen LogP contribution in [-0.4, -0.2) is 34.4 Å². The summed E-state index contributed by atoms with van der Waals surface area (Å²) in [7, 11) is 2.07. The van der Waals surface area contributed by atoms with Crippen LogP contribution in [0.4, 0.5) is 11.5 Å². The molecule has 1 N–H and O–H groups in total.